The Morgan fingerprint density at radius 2 is 1.64 bits per heavy atom. The van der Waals surface area contributed by atoms with Crippen molar-refractivity contribution in [2.24, 2.45) is 0 Å². The molecular weight excluding hydrogens is 316 g/mol. The molecule has 0 unspecified atom stereocenters. The fourth-order valence-electron chi connectivity index (χ4n) is 2.51. The first-order chi connectivity index (χ1) is 12.1. The second kappa shape index (κ2) is 8.87. The molecule has 0 spiro atoms. The smallest absolute Gasteiger partial charge is 0.262 e. The van der Waals surface area contributed by atoms with Crippen LogP contribution in [0.5, 0.6) is 5.75 Å². The SMILES string of the molecule is CCN(CC)C(=O)c1ccccc1NC(=O)COc1ccccc1C. The number of anilines is 1. The van der Waals surface area contributed by atoms with Crippen LogP contribution in [0.15, 0.2) is 48.5 Å². The molecule has 2 aromatic carbocycles. The second-order valence-electron chi connectivity index (χ2n) is 5.63. The van der Waals surface area contributed by atoms with Crippen LogP contribution in [0.4, 0.5) is 5.69 Å². The number of aryl methyl sites for hydroxylation is 1. The van der Waals surface area contributed by atoms with E-state index in [0.29, 0.717) is 30.1 Å². The lowest BCUT2D eigenvalue weighted by molar-refractivity contribution is -0.118. The average molecular weight is 340 g/mol. The number of hydrogen-bond acceptors (Lipinski definition) is 3. The molecule has 0 aliphatic carbocycles. The highest BCUT2D eigenvalue weighted by Crippen LogP contribution is 2.19. The summed E-state index contributed by atoms with van der Waals surface area (Å²) in [5, 5.41) is 2.77. The first kappa shape index (κ1) is 18.5. The third-order valence-electron chi connectivity index (χ3n) is 3.93. The summed E-state index contributed by atoms with van der Waals surface area (Å²) in [6, 6.07) is 14.5. The van der Waals surface area contributed by atoms with Gasteiger partial charge in [0, 0.05) is 13.1 Å². The highest BCUT2D eigenvalue weighted by molar-refractivity contribution is 6.04. The minimum atomic E-state index is -0.303. The molecular formula is C20H24N2O3. The molecule has 25 heavy (non-hydrogen) atoms. The Morgan fingerprint density at radius 3 is 2.32 bits per heavy atom. The van der Waals surface area contributed by atoms with Gasteiger partial charge < -0.3 is 15.0 Å². The molecule has 5 nitrogen and oxygen atoms in total. The molecule has 2 amide bonds. The van der Waals surface area contributed by atoms with Crippen molar-refractivity contribution >= 4 is 17.5 Å². The highest BCUT2D eigenvalue weighted by atomic mass is 16.5. The van der Waals surface area contributed by atoms with Crippen molar-refractivity contribution < 1.29 is 14.3 Å². The summed E-state index contributed by atoms with van der Waals surface area (Å²) in [4.78, 5) is 26.5. The molecule has 0 saturated heterocycles. The van der Waals surface area contributed by atoms with Gasteiger partial charge in [-0.1, -0.05) is 30.3 Å². The third kappa shape index (κ3) is 4.83. The Bertz CT molecular complexity index is 739. The van der Waals surface area contributed by atoms with Crippen LogP contribution in [0.25, 0.3) is 0 Å². The van der Waals surface area contributed by atoms with E-state index in [2.05, 4.69) is 5.32 Å². The summed E-state index contributed by atoms with van der Waals surface area (Å²) in [5.41, 5.74) is 1.95. The van der Waals surface area contributed by atoms with Gasteiger partial charge in [-0.15, -0.1) is 0 Å². The first-order valence-electron chi connectivity index (χ1n) is 8.43. The zero-order valence-corrected chi connectivity index (χ0v) is 14.9. The lowest BCUT2D eigenvalue weighted by Gasteiger charge is -2.20. The number of ether oxygens (including phenoxy) is 1. The first-order valence-corrected chi connectivity index (χ1v) is 8.43. The van der Waals surface area contributed by atoms with Crippen molar-refractivity contribution in [2.45, 2.75) is 20.8 Å². The van der Waals surface area contributed by atoms with E-state index in [9.17, 15) is 9.59 Å². The van der Waals surface area contributed by atoms with E-state index >= 15 is 0 Å². The fraction of sp³-hybridized carbons (Fsp3) is 0.300. The van der Waals surface area contributed by atoms with E-state index in [4.69, 9.17) is 4.74 Å². The number of carbonyl (C=O) groups is 2. The van der Waals surface area contributed by atoms with E-state index in [1.54, 1.807) is 29.2 Å². The summed E-state index contributed by atoms with van der Waals surface area (Å²) in [6.45, 7) is 6.91. The Balaban J connectivity index is 2.06. The van der Waals surface area contributed by atoms with Crippen molar-refractivity contribution in [3.05, 3.63) is 59.7 Å². The number of amides is 2. The largest absolute Gasteiger partial charge is 0.483 e. The zero-order chi connectivity index (χ0) is 18.2. The van der Waals surface area contributed by atoms with Gasteiger partial charge in [0.1, 0.15) is 5.75 Å². The molecule has 132 valence electrons. The van der Waals surface area contributed by atoms with Crippen molar-refractivity contribution in [3.8, 4) is 5.75 Å². The van der Waals surface area contributed by atoms with Gasteiger partial charge in [0.05, 0.1) is 11.3 Å². The van der Waals surface area contributed by atoms with Crippen LogP contribution in [0.3, 0.4) is 0 Å². The van der Waals surface area contributed by atoms with Crippen molar-refractivity contribution in [3.63, 3.8) is 0 Å². The molecule has 1 N–H and O–H groups in total. The summed E-state index contributed by atoms with van der Waals surface area (Å²) in [7, 11) is 0. The molecule has 0 atom stereocenters. The standard InChI is InChI=1S/C20H24N2O3/c1-4-22(5-2)20(24)16-11-7-8-12-17(16)21-19(23)14-25-18-13-9-6-10-15(18)3/h6-13H,4-5,14H2,1-3H3,(H,21,23). The average Bonchev–Trinajstić information content (AvgIpc) is 2.62. The molecule has 5 heteroatoms. The predicted molar refractivity (Wildman–Crippen MR) is 99.0 cm³/mol. The molecule has 0 fully saturated rings. The zero-order valence-electron chi connectivity index (χ0n) is 14.9. The summed E-state index contributed by atoms with van der Waals surface area (Å²) >= 11 is 0. The lowest BCUT2D eigenvalue weighted by Crippen LogP contribution is -2.31. The minimum Gasteiger partial charge on any atom is -0.483 e. The number of para-hydroxylation sites is 2. The van der Waals surface area contributed by atoms with E-state index in [1.807, 2.05) is 45.0 Å². The Morgan fingerprint density at radius 1 is 1.00 bits per heavy atom. The third-order valence-corrected chi connectivity index (χ3v) is 3.93. The minimum absolute atomic E-state index is 0.0966. The highest BCUT2D eigenvalue weighted by Gasteiger charge is 2.17. The van der Waals surface area contributed by atoms with Gasteiger partial charge in [-0.3, -0.25) is 9.59 Å². The number of rotatable bonds is 7. The molecule has 0 aromatic heterocycles. The predicted octanol–water partition coefficient (Wildman–Crippen LogP) is 3.49. The van der Waals surface area contributed by atoms with E-state index in [-0.39, 0.29) is 18.4 Å². The van der Waals surface area contributed by atoms with E-state index < -0.39 is 0 Å². The Hall–Kier alpha value is -2.82. The summed E-state index contributed by atoms with van der Waals surface area (Å²) in [6.07, 6.45) is 0. The normalized spacial score (nSPS) is 10.2. The van der Waals surface area contributed by atoms with Crippen molar-refractivity contribution in [2.75, 3.05) is 25.0 Å². The monoisotopic (exact) mass is 340 g/mol. The van der Waals surface area contributed by atoms with Gasteiger partial charge in [0.2, 0.25) is 0 Å². The van der Waals surface area contributed by atoms with Crippen LogP contribution in [-0.2, 0) is 4.79 Å². The van der Waals surface area contributed by atoms with Gasteiger partial charge in [-0.05, 0) is 44.5 Å². The molecule has 0 saturated carbocycles. The maximum absolute atomic E-state index is 12.6. The number of benzene rings is 2. The van der Waals surface area contributed by atoms with Crippen molar-refractivity contribution in [1.82, 2.24) is 4.90 Å². The number of nitrogens with zero attached hydrogens (tertiary/aromatic N) is 1. The quantitative estimate of drug-likeness (QED) is 0.839. The maximum atomic E-state index is 12.6. The molecule has 0 bridgehead atoms. The second-order valence-corrected chi connectivity index (χ2v) is 5.63. The molecule has 0 heterocycles. The molecule has 0 aliphatic heterocycles. The summed E-state index contributed by atoms with van der Waals surface area (Å²) < 4.78 is 5.55. The van der Waals surface area contributed by atoms with Gasteiger partial charge >= 0.3 is 0 Å². The van der Waals surface area contributed by atoms with Crippen LogP contribution < -0.4 is 10.1 Å². The van der Waals surface area contributed by atoms with Crippen LogP contribution in [0, 0.1) is 6.92 Å². The van der Waals surface area contributed by atoms with Gasteiger partial charge in [0.25, 0.3) is 11.8 Å². The van der Waals surface area contributed by atoms with E-state index in [0.717, 1.165) is 5.56 Å². The van der Waals surface area contributed by atoms with Crippen LogP contribution in [0.2, 0.25) is 0 Å². The lowest BCUT2D eigenvalue weighted by atomic mass is 10.1. The van der Waals surface area contributed by atoms with Crippen LogP contribution in [-0.4, -0.2) is 36.4 Å². The van der Waals surface area contributed by atoms with Gasteiger partial charge in [0.15, 0.2) is 6.61 Å². The Kier molecular flexibility index (Phi) is 6.57. The maximum Gasteiger partial charge on any atom is 0.262 e. The molecule has 2 aromatic rings. The topological polar surface area (TPSA) is 58.6 Å². The summed E-state index contributed by atoms with van der Waals surface area (Å²) in [5.74, 6) is 0.272. The van der Waals surface area contributed by atoms with Crippen molar-refractivity contribution in [1.29, 1.82) is 0 Å². The molecule has 2 rings (SSSR count). The number of nitrogens with one attached hydrogen (secondary N) is 1. The van der Waals surface area contributed by atoms with Gasteiger partial charge in [-0.25, -0.2) is 0 Å². The molecule has 0 radical (unpaired) electrons. The fourth-order valence-corrected chi connectivity index (χ4v) is 2.51. The molecule has 0 aliphatic rings. The number of hydrogen-bond donors (Lipinski definition) is 1. The Labute approximate surface area is 148 Å². The van der Waals surface area contributed by atoms with Crippen LogP contribution >= 0.6 is 0 Å². The van der Waals surface area contributed by atoms with E-state index in [1.165, 1.54) is 0 Å². The number of carbonyl (C=O) groups excluding carboxylic acids is 2. The van der Waals surface area contributed by atoms with Crippen LogP contribution in [0.1, 0.15) is 29.8 Å². The van der Waals surface area contributed by atoms with Gasteiger partial charge in [-0.2, -0.15) is 0 Å².